The normalized spacial score (nSPS) is 12.0. The van der Waals surface area contributed by atoms with Gasteiger partial charge in [-0.1, -0.05) is 50.2 Å². The predicted molar refractivity (Wildman–Crippen MR) is 98.2 cm³/mol. The molecule has 2 amide bonds. The van der Waals surface area contributed by atoms with Crippen molar-refractivity contribution >= 4 is 23.2 Å². The minimum absolute atomic E-state index is 0.135. The second-order valence-corrected chi connectivity index (χ2v) is 7.11. The number of hydrogen-bond acceptors (Lipinski definition) is 3. The lowest BCUT2D eigenvalue weighted by Crippen LogP contribution is -2.48. The van der Waals surface area contributed by atoms with Crippen LogP contribution in [-0.2, 0) is 11.2 Å². The molecule has 24 heavy (non-hydrogen) atoms. The molecule has 0 aliphatic carbocycles. The molecule has 1 atom stereocenters. The monoisotopic (exact) mass is 344 g/mol. The van der Waals surface area contributed by atoms with Gasteiger partial charge in [-0.15, -0.1) is 11.3 Å². The van der Waals surface area contributed by atoms with Crippen molar-refractivity contribution in [2.45, 2.75) is 32.7 Å². The van der Waals surface area contributed by atoms with Gasteiger partial charge < -0.3 is 10.6 Å². The van der Waals surface area contributed by atoms with E-state index in [4.69, 9.17) is 0 Å². The van der Waals surface area contributed by atoms with Crippen LogP contribution in [0.3, 0.4) is 0 Å². The van der Waals surface area contributed by atoms with Gasteiger partial charge in [-0.2, -0.15) is 0 Å². The zero-order chi connectivity index (χ0) is 17.4. The number of benzene rings is 1. The average molecular weight is 344 g/mol. The van der Waals surface area contributed by atoms with Crippen molar-refractivity contribution in [2.75, 3.05) is 6.54 Å². The zero-order valence-electron chi connectivity index (χ0n) is 14.1. The van der Waals surface area contributed by atoms with Crippen molar-refractivity contribution < 1.29 is 9.59 Å². The van der Waals surface area contributed by atoms with Crippen LogP contribution in [0.2, 0.25) is 0 Å². The van der Waals surface area contributed by atoms with Crippen molar-refractivity contribution in [1.82, 2.24) is 10.6 Å². The summed E-state index contributed by atoms with van der Waals surface area (Å²) in [7, 11) is 0. The summed E-state index contributed by atoms with van der Waals surface area (Å²) in [6, 6.07) is 12.7. The lowest BCUT2D eigenvalue weighted by molar-refractivity contribution is -0.123. The molecule has 0 aliphatic rings. The fourth-order valence-electron chi connectivity index (χ4n) is 2.30. The molecule has 1 heterocycles. The third-order valence-corrected chi connectivity index (χ3v) is 4.54. The number of thiophene rings is 1. The van der Waals surface area contributed by atoms with Crippen LogP contribution in [0.15, 0.2) is 47.8 Å². The quantitative estimate of drug-likeness (QED) is 0.772. The van der Waals surface area contributed by atoms with Gasteiger partial charge >= 0.3 is 0 Å². The van der Waals surface area contributed by atoms with Gasteiger partial charge in [0, 0.05) is 13.0 Å². The van der Waals surface area contributed by atoms with Crippen LogP contribution in [0, 0.1) is 5.92 Å². The molecule has 2 rings (SSSR count). The molecule has 5 heteroatoms. The highest BCUT2D eigenvalue weighted by Crippen LogP contribution is 2.10. The lowest BCUT2D eigenvalue weighted by Gasteiger charge is -2.19. The van der Waals surface area contributed by atoms with E-state index in [1.54, 1.807) is 6.07 Å². The Bertz CT molecular complexity index is 639. The second kappa shape index (κ2) is 9.23. The lowest BCUT2D eigenvalue weighted by atomic mass is 10.0. The van der Waals surface area contributed by atoms with E-state index in [1.165, 1.54) is 11.3 Å². The van der Waals surface area contributed by atoms with Gasteiger partial charge in [0.2, 0.25) is 5.91 Å². The maximum absolute atomic E-state index is 12.5. The second-order valence-electron chi connectivity index (χ2n) is 6.17. The number of amides is 2. The largest absolute Gasteiger partial charge is 0.354 e. The first-order chi connectivity index (χ1) is 11.6. The Kier molecular flexibility index (Phi) is 7.00. The Morgan fingerprint density at radius 3 is 2.46 bits per heavy atom. The Hall–Kier alpha value is -2.14. The molecular formula is C19H24N2O2S. The molecule has 0 fully saturated rings. The predicted octanol–water partition coefficient (Wildman–Crippen LogP) is 3.25. The number of nitrogens with one attached hydrogen (secondary N) is 2. The third kappa shape index (κ3) is 5.81. The Labute approximate surface area is 147 Å². The molecule has 0 saturated heterocycles. The van der Waals surface area contributed by atoms with Crippen LogP contribution in [-0.4, -0.2) is 24.4 Å². The molecule has 2 aromatic rings. The molecule has 0 unspecified atom stereocenters. The molecule has 0 aliphatic heterocycles. The molecule has 0 bridgehead atoms. The highest BCUT2D eigenvalue weighted by atomic mass is 32.1. The Morgan fingerprint density at radius 2 is 1.83 bits per heavy atom. The van der Waals surface area contributed by atoms with Gasteiger partial charge in [0.05, 0.1) is 4.88 Å². The molecule has 0 radical (unpaired) electrons. The van der Waals surface area contributed by atoms with Gasteiger partial charge in [0.25, 0.3) is 5.91 Å². The van der Waals surface area contributed by atoms with Crippen molar-refractivity contribution in [3.05, 3.63) is 58.3 Å². The molecular weight excluding hydrogens is 320 g/mol. The van der Waals surface area contributed by atoms with Crippen molar-refractivity contribution in [3.63, 3.8) is 0 Å². The summed E-state index contributed by atoms with van der Waals surface area (Å²) in [6.07, 6.45) is 1.40. The minimum Gasteiger partial charge on any atom is -0.354 e. The van der Waals surface area contributed by atoms with E-state index in [0.717, 1.165) is 12.0 Å². The SMILES string of the molecule is CC(C)CCNC(=O)[C@H](Cc1ccccc1)NC(=O)c1cccs1. The highest BCUT2D eigenvalue weighted by molar-refractivity contribution is 7.12. The van der Waals surface area contributed by atoms with Crippen LogP contribution in [0.5, 0.6) is 0 Å². The summed E-state index contributed by atoms with van der Waals surface area (Å²) in [5, 5.41) is 7.65. The highest BCUT2D eigenvalue weighted by Gasteiger charge is 2.22. The first kappa shape index (κ1) is 18.2. The Balaban J connectivity index is 2.02. The standard InChI is InChI=1S/C19H24N2O2S/c1-14(2)10-11-20-18(22)16(13-15-7-4-3-5-8-15)21-19(23)17-9-6-12-24-17/h3-9,12,14,16H,10-11,13H2,1-2H3,(H,20,22)(H,21,23)/t16-/m0/s1. The van der Waals surface area contributed by atoms with E-state index in [2.05, 4.69) is 24.5 Å². The Morgan fingerprint density at radius 1 is 1.08 bits per heavy atom. The molecule has 128 valence electrons. The van der Waals surface area contributed by atoms with Crippen LogP contribution < -0.4 is 10.6 Å². The molecule has 4 nitrogen and oxygen atoms in total. The molecule has 1 aromatic heterocycles. The fraction of sp³-hybridized carbons (Fsp3) is 0.368. The van der Waals surface area contributed by atoms with Gasteiger partial charge in [-0.05, 0) is 29.3 Å². The third-order valence-electron chi connectivity index (χ3n) is 3.67. The number of carbonyl (C=O) groups is 2. The summed E-state index contributed by atoms with van der Waals surface area (Å²) in [4.78, 5) is 25.4. The number of carbonyl (C=O) groups excluding carboxylic acids is 2. The first-order valence-electron chi connectivity index (χ1n) is 8.22. The van der Waals surface area contributed by atoms with Gasteiger partial charge in [-0.3, -0.25) is 9.59 Å². The summed E-state index contributed by atoms with van der Waals surface area (Å²) < 4.78 is 0. The zero-order valence-corrected chi connectivity index (χ0v) is 14.9. The summed E-state index contributed by atoms with van der Waals surface area (Å²) >= 11 is 1.37. The summed E-state index contributed by atoms with van der Waals surface area (Å²) in [5.74, 6) is 0.188. The van der Waals surface area contributed by atoms with Crippen LogP contribution >= 0.6 is 11.3 Å². The molecule has 0 spiro atoms. The van der Waals surface area contributed by atoms with E-state index in [-0.39, 0.29) is 11.8 Å². The maximum atomic E-state index is 12.5. The number of hydrogen-bond donors (Lipinski definition) is 2. The van der Waals surface area contributed by atoms with E-state index >= 15 is 0 Å². The van der Waals surface area contributed by atoms with E-state index in [0.29, 0.717) is 23.8 Å². The van der Waals surface area contributed by atoms with Gasteiger partial charge in [0.15, 0.2) is 0 Å². The molecule has 0 saturated carbocycles. The van der Waals surface area contributed by atoms with E-state index < -0.39 is 6.04 Å². The van der Waals surface area contributed by atoms with Crippen molar-refractivity contribution in [3.8, 4) is 0 Å². The molecule has 2 N–H and O–H groups in total. The minimum atomic E-state index is -0.575. The number of rotatable bonds is 8. The summed E-state index contributed by atoms with van der Waals surface area (Å²) in [6.45, 7) is 4.86. The van der Waals surface area contributed by atoms with Crippen molar-refractivity contribution in [2.24, 2.45) is 5.92 Å². The smallest absolute Gasteiger partial charge is 0.262 e. The van der Waals surface area contributed by atoms with Crippen LogP contribution in [0.1, 0.15) is 35.5 Å². The molecule has 1 aromatic carbocycles. The average Bonchev–Trinajstić information content (AvgIpc) is 3.09. The van der Waals surface area contributed by atoms with E-state index in [9.17, 15) is 9.59 Å². The van der Waals surface area contributed by atoms with E-state index in [1.807, 2.05) is 41.8 Å². The topological polar surface area (TPSA) is 58.2 Å². The van der Waals surface area contributed by atoms with Crippen LogP contribution in [0.4, 0.5) is 0 Å². The van der Waals surface area contributed by atoms with Gasteiger partial charge in [-0.25, -0.2) is 0 Å². The van der Waals surface area contributed by atoms with Gasteiger partial charge in [0.1, 0.15) is 6.04 Å². The first-order valence-corrected chi connectivity index (χ1v) is 9.10. The van der Waals surface area contributed by atoms with Crippen molar-refractivity contribution in [1.29, 1.82) is 0 Å². The summed E-state index contributed by atoms with van der Waals surface area (Å²) in [5.41, 5.74) is 1.02. The maximum Gasteiger partial charge on any atom is 0.262 e. The fourth-order valence-corrected chi connectivity index (χ4v) is 2.93. The van der Waals surface area contributed by atoms with Crippen LogP contribution in [0.25, 0.3) is 0 Å².